The number of thiocarbonyl (C=S) groups is 1. The Balaban J connectivity index is 1.66. The Hall–Kier alpha value is -2.46. The standard InChI is InChI=1S/C17H13Cl2N5O2S2/c18-11-2-7-15(14(19)10-11)23-17(27)22-12-3-5-13(6-4-12)28(25,26)24-16-20-8-1-9-21-16/h1-10H,(H,20,21,24)(H2,22,23,27). The van der Waals surface area contributed by atoms with Gasteiger partial charge in [-0.2, -0.15) is 0 Å². The van der Waals surface area contributed by atoms with Crippen molar-refractivity contribution in [2.24, 2.45) is 0 Å². The molecule has 3 aromatic rings. The fraction of sp³-hybridized carbons (Fsp3) is 0. The van der Waals surface area contributed by atoms with Crippen molar-refractivity contribution < 1.29 is 8.42 Å². The molecule has 0 amide bonds. The highest BCUT2D eigenvalue weighted by Gasteiger charge is 2.15. The van der Waals surface area contributed by atoms with E-state index in [4.69, 9.17) is 35.4 Å². The fourth-order valence-corrected chi connectivity index (χ4v) is 3.77. The zero-order chi connectivity index (χ0) is 20.1. The second-order valence-electron chi connectivity index (χ2n) is 5.41. The molecule has 0 saturated heterocycles. The van der Waals surface area contributed by atoms with Crippen molar-refractivity contribution in [3.63, 3.8) is 0 Å². The van der Waals surface area contributed by atoms with Crippen LogP contribution in [0.25, 0.3) is 0 Å². The van der Waals surface area contributed by atoms with Gasteiger partial charge in [-0.05, 0) is 60.7 Å². The van der Waals surface area contributed by atoms with Crippen molar-refractivity contribution >= 4 is 67.9 Å². The van der Waals surface area contributed by atoms with Gasteiger partial charge in [0.2, 0.25) is 5.95 Å². The third-order valence-corrected chi connectivity index (χ3v) is 5.49. The molecule has 7 nitrogen and oxygen atoms in total. The predicted octanol–water partition coefficient (Wildman–Crippen LogP) is 4.39. The van der Waals surface area contributed by atoms with Crippen LogP contribution in [0, 0.1) is 0 Å². The molecule has 0 fully saturated rings. The zero-order valence-electron chi connectivity index (χ0n) is 14.1. The second-order valence-corrected chi connectivity index (χ2v) is 8.34. The lowest BCUT2D eigenvalue weighted by atomic mass is 10.3. The summed E-state index contributed by atoms with van der Waals surface area (Å²) in [6.07, 6.45) is 2.89. The molecule has 0 aliphatic carbocycles. The molecule has 0 spiro atoms. The van der Waals surface area contributed by atoms with Crippen LogP contribution in [0.3, 0.4) is 0 Å². The van der Waals surface area contributed by atoms with E-state index in [1.807, 2.05) is 0 Å². The summed E-state index contributed by atoms with van der Waals surface area (Å²) in [5, 5.41) is 7.12. The van der Waals surface area contributed by atoms with E-state index in [9.17, 15) is 8.42 Å². The molecule has 0 radical (unpaired) electrons. The lowest BCUT2D eigenvalue weighted by Gasteiger charge is -2.12. The maximum Gasteiger partial charge on any atom is 0.264 e. The van der Waals surface area contributed by atoms with Crippen molar-refractivity contribution in [2.45, 2.75) is 4.90 Å². The quantitative estimate of drug-likeness (QED) is 0.492. The summed E-state index contributed by atoms with van der Waals surface area (Å²) >= 11 is 17.2. The Morgan fingerprint density at radius 3 is 2.29 bits per heavy atom. The van der Waals surface area contributed by atoms with Crippen LogP contribution in [0.1, 0.15) is 0 Å². The molecule has 0 unspecified atom stereocenters. The van der Waals surface area contributed by atoms with Crippen molar-refractivity contribution in [1.82, 2.24) is 9.97 Å². The van der Waals surface area contributed by atoms with Crippen molar-refractivity contribution in [3.05, 3.63) is 71.0 Å². The minimum absolute atomic E-state index is 0.00470. The van der Waals surface area contributed by atoms with Gasteiger partial charge in [-0.25, -0.2) is 23.1 Å². The van der Waals surface area contributed by atoms with Gasteiger partial charge in [0.05, 0.1) is 15.6 Å². The van der Waals surface area contributed by atoms with E-state index >= 15 is 0 Å². The van der Waals surface area contributed by atoms with Gasteiger partial charge in [0, 0.05) is 23.1 Å². The van der Waals surface area contributed by atoms with Gasteiger partial charge in [0.1, 0.15) is 0 Å². The summed E-state index contributed by atoms with van der Waals surface area (Å²) in [6, 6.07) is 12.6. The lowest BCUT2D eigenvalue weighted by Crippen LogP contribution is -2.19. The van der Waals surface area contributed by atoms with Gasteiger partial charge >= 0.3 is 0 Å². The number of anilines is 3. The molecule has 1 heterocycles. The molecule has 0 bridgehead atoms. The summed E-state index contributed by atoms with van der Waals surface area (Å²) < 4.78 is 27.0. The molecule has 11 heteroatoms. The minimum atomic E-state index is -3.80. The summed E-state index contributed by atoms with van der Waals surface area (Å²) in [5.74, 6) is -0.00470. The average molecular weight is 454 g/mol. The SMILES string of the molecule is O=S(=O)(Nc1ncccn1)c1ccc(NC(=S)Nc2ccc(Cl)cc2Cl)cc1. The molecule has 28 heavy (non-hydrogen) atoms. The average Bonchev–Trinajstić information content (AvgIpc) is 2.65. The van der Waals surface area contributed by atoms with Crippen molar-refractivity contribution in [1.29, 1.82) is 0 Å². The highest BCUT2D eigenvalue weighted by Crippen LogP contribution is 2.25. The first-order chi connectivity index (χ1) is 13.3. The number of hydrogen-bond donors (Lipinski definition) is 3. The number of nitrogens with zero attached hydrogens (tertiary/aromatic N) is 2. The molecule has 0 aliphatic rings. The van der Waals surface area contributed by atoms with Crippen LogP contribution in [0.5, 0.6) is 0 Å². The fourth-order valence-electron chi connectivity index (χ4n) is 2.12. The van der Waals surface area contributed by atoms with E-state index in [0.717, 1.165) is 0 Å². The van der Waals surface area contributed by atoms with E-state index < -0.39 is 10.0 Å². The summed E-state index contributed by atoms with van der Waals surface area (Å²) in [5.41, 5.74) is 1.19. The van der Waals surface area contributed by atoms with Crippen molar-refractivity contribution in [2.75, 3.05) is 15.4 Å². The Morgan fingerprint density at radius 1 is 0.964 bits per heavy atom. The van der Waals surface area contributed by atoms with E-state index in [1.165, 1.54) is 24.5 Å². The van der Waals surface area contributed by atoms with Crippen LogP contribution in [-0.4, -0.2) is 23.5 Å². The van der Waals surface area contributed by atoms with Gasteiger partial charge in [-0.3, -0.25) is 0 Å². The van der Waals surface area contributed by atoms with Crippen LogP contribution >= 0.6 is 35.4 Å². The third-order valence-electron chi connectivity index (χ3n) is 3.39. The summed E-state index contributed by atoms with van der Waals surface area (Å²) in [6.45, 7) is 0. The number of hydrogen-bond acceptors (Lipinski definition) is 5. The van der Waals surface area contributed by atoms with E-state index in [-0.39, 0.29) is 16.0 Å². The number of sulfonamides is 1. The minimum Gasteiger partial charge on any atom is -0.332 e. The molecule has 0 atom stereocenters. The van der Waals surface area contributed by atoms with Gasteiger partial charge in [-0.1, -0.05) is 23.2 Å². The van der Waals surface area contributed by atoms with Crippen LogP contribution in [0.2, 0.25) is 10.0 Å². The van der Waals surface area contributed by atoms with Gasteiger partial charge < -0.3 is 10.6 Å². The first-order valence-electron chi connectivity index (χ1n) is 7.76. The number of benzene rings is 2. The number of halogens is 2. The lowest BCUT2D eigenvalue weighted by molar-refractivity contribution is 0.601. The molecular weight excluding hydrogens is 441 g/mol. The Labute approximate surface area is 177 Å². The van der Waals surface area contributed by atoms with E-state index in [1.54, 1.807) is 36.4 Å². The molecule has 3 rings (SSSR count). The molecule has 0 aliphatic heterocycles. The van der Waals surface area contributed by atoms with Gasteiger partial charge in [-0.15, -0.1) is 0 Å². The van der Waals surface area contributed by atoms with E-state index in [0.29, 0.717) is 21.4 Å². The topological polar surface area (TPSA) is 96.0 Å². The van der Waals surface area contributed by atoms with Crippen LogP contribution < -0.4 is 15.4 Å². The Kier molecular flexibility index (Phi) is 6.30. The normalized spacial score (nSPS) is 10.9. The first-order valence-corrected chi connectivity index (χ1v) is 10.4. The highest BCUT2D eigenvalue weighted by molar-refractivity contribution is 7.92. The van der Waals surface area contributed by atoms with Gasteiger partial charge in [0.15, 0.2) is 5.11 Å². The third kappa shape index (κ3) is 5.29. The second kappa shape index (κ2) is 8.70. The Bertz CT molecular complexity index is 1090. The molecular formula is C17H13Cl2N5O2S2. The first kappa shape index (κ1) is 20.3. The zero-order valence-corrected chi connectivity index (χ0v) is 17.2. The molecule has 144 valence electrons. The molecule has 3 N–H and O–H groups in total. The summed E-state index contributed by atoms with van der Waals surface area (Å²) in [4.78, 5) is 7.74. The number of aromatic nitrogens is 2. The van der Waals surface area contributed by atoms with Crippen LogP contribution in [0.4, 0.5) is 17.3 Å². The molecule has 2 aromatic carbocycles. The number of nitrogens with one attached hydrogen (secondary N) is 3. The molecule has 0 saturated carbocycles. The Morgan fingerprint density at radius 2 is 1.64 bits per heavy atom. The largest absolute Gasteiger partial charge is 0.332 e. The predicted molar refractivity (Wildman–Crippen MR) is 116 cm³/mol. The van der Waals surface area contributed by atoms with Gasteiger partial charge in [0.25, 0.3) is 10.0 Å². The smallest absolute Gasteiger partial charge is 0.264 e. The maximum absolute atomic E-state index is 12.4. The maximum atomic E-state index is 12.4. The summed E-state index contributed by atoms with van der Waals surface area (Å²) in [7, 11) is -3.80. The van der Waals surface area contributed by atoms with Crippen molar-refractivity contribution in [3.8, 4) is 0 Å². The number of rotatable bonds is 5. The van der Waals surface area contributed by atoms with E-state index in [2.05, 4.69) is 25.3 Å². The highest BCUT2D eigenvalue weighted by atomic mass is 35.5. The molecule has 1 aromatic heterocycles. The monoisotopic (exact) mass is 453 g/mol. The van der Waals surface area contributed by atoms with Crippen LogP contribution in [-0.2, 0) is 10.0 Å². The van der Waals surface area contributed by atoms with Crippen LogP contribution in [0.15, 0.2) is 65.8 Å².